The zero-order valence-electron chi connectivity index (χ0n) is 16.1. The fourth-order valence-corrected chi connectivity index (χ4v) is 3.12. The standard InChI is InChI=1S/C19H24N4O3S.HI/c1-4-20-18(22-12-19(3,24)16-8-7-13(2)26-16)21-10-14-11-25-17(23-14)15-6-5-9-27-15;/h5-9,11,24H,4,10,12H2,1-3H3,(H2,20,21,22);1H. The lowest BCUT2D eigenvalue weighted by molar-refractivity contribution is 0.0378. The summed E-state index contributed by atoms with van der Waals surface area (Å²) in [6.45, 7) is 6.86. The Kier molecular flexibility index (Phi) is 8.08. The SMILES string of the molecule is CCNC(=NCc1coc(-c2cccs2)n1)NCC(C)(O)c1ccc(C)o1.I. The van der Waals surface area contributed by atoms with Crippen LogP contribution in [0.1, 0.15) is 31.1 Å². The zero-order chi connectivity index (χ0) is 19.3. The van der Waals surface area contributed by atoms with Gasteiger partial charge >= 0.3 is 0 Å². The molecule has 0 aliphatic carbocycles. The van der Waals surface area contributed by atoms with E-state index in [0.29, 0.717) is 30.7 Å². The molecule has 0 aliphatic heterocycles. The van der Waals surface area contributed by atoms with Crippen molar-refractivity contribution in [1.82, 2.24) is 15.6 Å². The largest absolute Gasteiger partial charge is 0.463 e. The van der Waals surface area contributed by atoms with Crippen molar-refractivity contribution in [2.75, 3.05) is 13.1 Å². The van der Waals surface area contributed by atoms with E-state index in [9.17, 15) is 5.11 Å². The highest BCUT2D eigenvalue weighted by atomic mass is 127. The number of halogens is 1. The third-order valence-corrected chi connectivity index (χ3v) is 4.76. The Bertz CT molecular complexity index is 887. The van der Waals surface area contributed by atoms with E-state index in [1.807, 2.05) is 37.4 Å². The number of hydrogen-bond donors (Lipinski definition) is 3. The minimum Gasteiger partial charge on any atom is -0.463 e. The summed E-state index contributed by atoms with van der Waals surface area (Å²) in [5.41, 5.74) is -0.408. The number of furan rings is 1. The van der Waals surface area contributed by atoms with Crippen molar-refractivity contribution in [3.8, 4) is 10.8 Å². The van der Waals surface area contributed by atoms with Crippen molar-refractivity contribution in [2.45, 2.75) is 32.9 Å². The molecule has 3 rings (SSSR count). The molecule has 3 aromatic rings. The summed E-state index contributed by atoms with van der Waals surface area (Å²) < 4.78 is 11.0. The first kappa shape index (κ1) is 22.4. The molecular formula is C19H25IN4O3S. The predicted octanol–water partition coefficient (Wildman–Crippen LogP) is 3.89. The van der Waals surface area contributed by atoms with E-state index < -0.39 is 5.60 Å². The molecule has 0 aromatic carbocycles. The average molecular weight is 516 g/mol. The fraction of sp³-hybridized carbons (Fsp3) is 0.368. The fourth-order valence-electron chi connectivity index (χ4n) is 2.46. The number of aliphatic hydroxyl groups is 1. The van der Waals surface area contributed by atoms with E-state index in [4.69, 9.17) is 8.83 Å². The van der Waals surface area contributed by atoms with Crippen LogP contribution in [0.25, 0.3) is 10.8 Å². The monoisotopic (exact) mass is 516 g/mol. The Hall–Kier alpha value is -1.85. The van der Waals surface area contributed by atoms with Gasteiger partial charge in [-0.2, -0.15) is 0 Å². The molecule has 7 nitrogen and oxygen atoms in total. The Morgan fingerprint density at radius 1 is 1.32 bits per heavy atom. The maximum absolute atomic E-state index is 10.6. The van der Waals surface area contributed by atoms with Gasteiger partial charge in [0.2, 0.25) is 5.89 Å². The van der Waals surface area contributed by atoms with Crippen LogP contribution in [0, 0.1) is 6.92 Å². The summed E-state index contributed by atoms with van der Waals surface area (Å²) in [5, 5.41) is 18.9. The predicted molar refractivity (Wildman–Crippen MR) is 121 cm³/mol. The van der Waals surface area contributed by atoms with Crippen LogP contribution in [0.2, 0.25) is 0 Å². The summed E-state index contributed by atoms with van der Waals surface area (Å²) in [5.74, 6) is 2.46. The molecule has 0 aliphatic rings. The number of nitrogens with zero attached hydrogens (tertiary/aromatic N) is 2. The number of oxazole rings is 1. The van der Waals surface area contributed by atoms with Crippen molar-refractivity contribution >= 4 is 41.3 Å². The first-order valence-electron chi connectivity index (χ1n) is 8.77. The topological polar surface area (TPSA) is 95.8 Å². The second kappa shape index (κ2) is 10.1. The van der Waals surface area contributed by atoms with Gasteiger partial charge < -0.3 is 24.6 Å². The molecule has 3 N–H and O–H groups in total. The molecule has 0 fully saturated rings. The van der Waals surface area contributed by atoms with Crippen LogP contribution < -0.4 is 10.6 Å². The summed E-state index contributed by atoms with van der Waals surface area (Å²) in [6, 6.07) is 7.54. The molecular weight excluding hydrogens is 491 g/mol. The van der Waals surface area contributed by atoms with E-state index in [1.54, 1.807) is 30.6 Å². The highest BCUT2D eigenvalue weighted by Crippen LogP contribution is 2.24. The highest BCUT2D eigenvalue weighted by Gasteiger charge is 2.27. The number of nitrogens with one attached hydrogen (secondary N) is 2. The molecule has 0 amide bonds. The van der Waals surface area contributed by atoms with Crippen LogP contribution in [0.15, 0.2) is 49.7 Å². The Morgan fingerprint density at radius 3 is 2.79 bits per heavy atom. The Balaban J connectivity index is 0.00000280. The summed E-state index contributed by atoms with van der Waals surface area (Å²) >= 11 is 1.58. The molecule has 9 heteroatoms. The lowest BCUT2D eigenvalue weighted by atomic mass is 10.0. The number of hydrogen-bond acceptors (Lipinski definition) is 6. The molecule has 152 valence electrons. The van der Waals surface area contributed by atoms with Gasteiger partial charge in [0.1, 0.15) is 29.1 Å². The lowest BCUT2D eigenvalue weighted by Crippen LogP contribution is -2.44. The van der Waals surface area contributed by atoms with Crippen molar-refractivity contribution in [3.63, 3.8) is 0 Å². The first-order valence-corrected chi connectivity index (χ1v) is 9.65. The van der Waals surface area contributed by atoms with E-state index in [1.165, 1.54) is 0 Å². The maximum Gasteiger partial charge on any atom is 0.236 e. The van der Waals surface area contributed by atoms with Gasteiger partial charge in [-0.25, -0.2) is 9.98 Å². The molecule has 1 unspecified atom stereocenters. The molecule has 3 heterocycles. The van der Waals surface area contributed by atoms with E-state index >= 15 is 0 Å². The van der Waals surface area contributed by atoms with E-state index in [2.05, 4.69) is 20.6 Å². The molecule has 28 heavy (non-hydrogen) atoms. The minimum atomic E-state index is -1.15. The third-order valence-electron chi connectivity index (χ3n) is 3.90. The third kappa shape index (κ3) is 5.82. The molecule has 0 spiro atoms. The average Bonchev–Trinajstić information content (AvgIpc) is 3.37. The number of rotatable bonds is 7. The molecule has 0 bridgehead atoms. The summed E-state index contributed by atoms with van der Waals surface area (Å²) in [7, 11) is 0. The van der Waals surface area contributed by atoms with Crippen LogP contribution in [-0.4, -0.2) is 29.1 Å². The second-order valence-corrected chi connectivity index (χ2v) is 7.30. The van der Waals surface area contributed by atoms with Crippen molar-refractivity contribution in [3.05, 3.63) is 53.1 Å². The normalized spacial score (nSPS) is 13.6. The van der Waals surface area contributed by atoms with Gasteiger partial charge in [-0.05, 0) is 44.4 Å². The molecule has 0 saturated carbocycles. The van der Waals surface area contributed by atoms with Crippen molar-refractivity contribution in [1.29, 1.82) is 0 Å². The summed E-state index contributed by atoms with van der Waals surface area (Å²) in [6.07, 6.45) is 1.61. The van der Waals surface area contributed by atoms with Gasteiger partial charge in [0, 0.05) is 6.54 Å². The lowest BCUT2D eigenvalue weighted by Gasteiger charge is -2.22. The smallest absolute Gasteiger partial charge is 0.236 e. The number of aryl methyl sites for hydroxylation is 1. The van der Waals surface area contributed by atoms with Crippen molar-refractivity contribution in [2.24, 2.45) is 4.99 Å². The van der Waals surface area contributed by atoms with Crippen LogP contribution >= 0.6 is 35.3 Å². The van der Waals surface area contributed by atoms with Gasteiger partial charge in [-0.3, -0.25) is 0 Å². The van der Waals surface area contributed by atoms with Gasteiger partial charge in [-0.15, -0.1) is 35.3 Å². The minimum absolute atomic E-state index is 0. The number of guanidine groups is 1. The first-order chi connectivity index (χ1) is 13.0. The Labute approximate surface area is 185 Å². The Morgan fingerprint density at radius 2 is 2.14 bits per heavy atom. The highest BCUT2D eigenvalue weighted by molar-refractivity contribution is 14.0. The zero-order valence-corrected chi connectivity index (χ0v) is 19.2. The molecule has 0 saturated heterocycles. The molecule has 0 radical (unpaired) electrons. The number of aromatic nitrogens is 1. The van der Waals surface area contributed by atoms with Crippen LogP contribution in [0.5, 0.6) is 0 Å². The van der Waals surface area contributed by atoms with Gasteiger partial charge in [-0.1, -0.05) is 6.07 Å². The van der Waals surface area contributed by atoms with Gasteiger partial charge in [0.05, 0.1) is 18.0 Å². The van der Waals surface area contributed by atoms with Crippen LogP contribution in [0.3, 0.4) is 0 Å². The maximum atomic E-state index is 10.6. The number of thiophene rings is 1. The van der Waals surface area contributed by atoms with E-state index in [0.717, 1.165) is 16.3 Å². The van der Waals surface area contributed by atoms with E-state index in [-0.39, 0.29) is 30.5 Å². The molecule has 3 aromatic heterocycles. The van der Waals surface area contributed by atoms with Crippen molar-refractivity contribution < 1.29 is 13.9 Å². The molecule has 1 atom stereocenters. The number of aliphatic imine (C=N–C) groups is 1. The van der Waals surface area contributed by atoms with Crippen LogP contribution in [-0.2, 0) is 12.1 Å². The van der Waals surface area contributed by atoms with Gasteiger partial charge in [0.25, 0.3) is 0 Å². The quantitative estimate of drug-likeness (QED) is 0.251. The second-order valence-electron chi connectivity index (χ2n) is 6.35. The van der Waals surface area contributed by atoms with Crippen LogP contribution in [0.4, 0.5) is 0 Å². The summed E-state index contributed by atoms with van der Waals surface area (Å²) in [4.78, 5) is 9.96. The van der Waals surface area contributed by atoms with Gasteiger partial charge in [0.15, 0.2) is 5.96 Å².